The molecule has 9 heteroatoms. The van der Waals surface area contributed by atoms with Crippen molar-refractivity contribution in [3.63, 3.8) is 0 Å². The van der Waals surface area contributed by atoms with Gasteiger partial charge in [-0.2, -0.15) is 0 Å². The fraction of sp³-hybridized carbons (Fsp3) is 0.500. The van der Waals surface area contributed by atoms with E-state index in [1.165, 1.54) is 0 Å². The summed E-state index contributed by atoms with van der Waals surface area (Å²) in [7, 11) is 1.83. The first-order valence-electron chi connectivity index (χ1n) is 9.02. The lowest BCUT2D eigenvalue weighted by atomic mass is 10.2. The number of nitrogens with zero attached hydrogens (tertiary/aromatic N) is 3. The van der Waals surface area contributed by atoms with Crippen LogP contribution in [-0.2, 0) is 18.3 Å². The molecule has 2 aromatic heterocycles. The van der Waals surface area contributed by atoms with Crippen molar-refractivity contribution in [1.29, 1.82) is 0 Å². The van der Waals surface area contributed by atoms with Gasteiger partial charge in [0.2, 0.25) is 5.88 Å². The summed E-state index contributed by atoms with van der Waals surface area (Å²) in [5.41, 5.74) is 13.1. The third kappa shape index (κ3) is 3.97. The molecule has 2 aromatic rings. The van der Waals surface area contributed by atoms with Crippen LogP contribution in [0.5, 0.6) is 5.88 Å². The number of thiol groups is 1. The van der Waals surface area contributed by atoms with Crippen LogP contribution in [0.2, 0.25) is 0 Å². The van der Waals surface area contributed by atoms with Gasteiger partial charge in [-0.05, 0) is 38.7 Å². The number of rotatable bonds is 6. The monoisotopic (exact) mass is 391 g/mol. The number of esters is 1. The molecule has 0 radical (unpaired) electrons. The molecule has 0 aliphatic heterocycles. The number of carbonyl (C=O) groups is 1. The molecule has 0 amide bonds. The van der Waals surface area contributed by atoms with Crippen molar-refractivity contribution >= 4 is 35.6 Å². The Morgan fingerprint density at radius 1 is 1.41 bits per heavy atom. The van der Waals surface area contributed by atoms with Crippen molar-refractivity contribution in [2.75, 3.05) is 6.61 Å². The van der Waals surface area contributed by atoms with E-state index < -0.39 is 5.97 Å². The molecule has 2 heterocycles. The highest BCUT2D eigenvalue weighted by atomic mass is 32.1. The second kappa shape index (κ2) is 8.08. The molecule has 3 rings (SSSR count). The first kappa shape index (κ1) is 19.3. The Labute approximate surface area is 163 Å². The summed E-state index contributed by atoms with van der Waals surface area (Å²) in [6, 6.07) is 1.84. The molecule has 146 valence electrons. The Bertz CT molecular complexity index is 883. The average Bonchev–Trinajstić information content (AvgIpc) is 3.21. The van der Waals surface area contributed by atoms with Crippen LogP contribution in [0.15, 0.2) is 16.0 Å². The van der Waals surface area contributed by atoms with Gasteiger partial charge in [-0.1, -0.05) is 0 Å². The molecule has 0 saturated heterocycles. The summed E-state index contributed by atoms with van der Waals surface area (Å²) < 4.78 is 13.1. The van der Waals surface area contributed by atoms with Crippen LogP contribution in [-0.4, -0.2) is 34.2 Å². The molecule has 1 aliphatic carbocycles. The number of pyridine rings is 1. The predicted molar refractivity (Wildman–Crippen MR) is 106 cm³/mol. The van der Waals surface area contributed by atoms with E-state index >= 15 is 0 Å². The molecule has 1 saturated carbocycles. The number of ether oxygens (including phenoxy) is 2. The van der Waals surface area contributed by atoms with Crippen LogP contribution in [0.3, 0.4) is 0 Å². The number of carbonyl (C=O) groups excluding carboxylic acids is 1. The van der Waals surface area contributed by atoms with Crippen molar-refractivity contribution in [2.24, 2.45) is 23.5 Å². The molecule has 0 aromatic carbocycles. The second-order valence-electron chi connectivity index (χ2n) is 6.55. The van der Waals surface area contributed by atoms with Gasteiger partial charge in [-0.15, -0.1) is 12.6 Å². The van der Waals surface area contributed by atoms with Crippen molar-refractivity contribution in [2.45, 2.75) is 50.2 Å². The highest BCUT2D eigenvalue weighted by Crippen LogP contribution is 2.33. The Hall–Kier alpha value is -2.42. The van der Waals surface area contributed by atoms with Crippen molar-refractivity contribution in [1.82, 2.24) is 9.55 Å². The number of aromatic nitrogens is 2. The van der Waals surface area contributed by atoms with Gasteiger partial charge in [0.05, 0.1) is 29.3 Å². The lowest BCUT2D eigenvalue weighted by Crippen LogP contribution is -2.23. The quantitative estimate of drug-likeness (QED) is 0.300. The summed E-state index contributed by atoms with van der Waals surface area (Å²) in [4.78, 5) is 21.9. The van der Waals surface area contributed by atoms with E-state index in [0.29, 0.717) is 27.5 Å². The zero-order chi connectivity index (χ0) is 19.6. The molecule has 0 spiro atoms. The highest BCUT2D eigenvalue weighted by molar-refractivity contribution is 7.80. The molecule has 4 N–H and O–H groups in total. The normalized spacial score (nSPS) is 14.5. The smallest absolute Gasteiger partial charge is 0.342 e. The first-order valence-corrected chi connectivity index (χ1v) is 9.47. The summed E-state index contributed by atoms with van der Waals surface area (Å²) in [6.07, 6.45) is 4.44. The van der Waals surface area contributed by atoms with E-state index in [2.05, 4.69) is 22.6 Å². The van der Waals surface area contributed by atoms with Crippen LogP contribution < -0.4 is 16.2 Å². The summed E-state index contributed by atoms with van der Waals surface area (Å²) in [5.74, 6) is -0.0828. The Kier molecular flexibility index (Phi) is 5.79. The molecular formula is C18H25N5O3S. The summed E-state index contributed by atoms with van der Waals surface area (Å²) >= 11 is 4.53. The molecule has 0 atom stereocenters. The number of guanidine groups is 1. The Morgan fingerprint density at radius 3 is 2.74 bits per heavy atom. The number of aliphatic imine (C=N–C) groups is 1. The maximum Gasteiger partial charge on any atom is 0.342 e. The van der Waals surface area contributed by atoms with Crippen molar-refractivity contribution in [3.8, 4) is 5.88 Å². The molecule has 1 fully saturated rings. The Balaban J connectivity index is 2.12. The minimum atomic E-state index is -0.463. The van der Waals surface area contributed by atoms with Gasteiger partial charge in [-0.3, -0.25) is 0 Å². The van der Waals surface area contributed by atoms with Gasteiger partial charge in [-0.25, -0.2) is 14.8 Å². The van der Waals surface area contributed by atoms with Gasteiger partial charge in [0.1, 0.15) is 17.2 Å². The SMILES string of the molecule is CCOC(=O)c1c(CN=C(N)N)n(C)c2cc(S)c(OC3CCCC3)nc12. The fourth-order valence-electron chi connectivity index (χ4n) is 3.38. The molecule has 0 bridgehead atoms. The van der Waals surface area contributed by atoms with E-state index in [-0.39, 0.29) is 25.2 Å². The van der Waals surface area contributed by atoms with Gasteiger partial charge >= 0.3 is 5.97 Å². The Morgan fingerprint density at radius 2 is 2.11 bits per heavy atom. The van der Waals surface area contributed by atoms with Crippen LogP contribution in [0.25, 0.3) is 11.0 Å². The van der Waals surface area contributed by atoms with Gasteiger partial charge < -0.3 is 25.5 Å². The topological polar surface area (TPSA) is 118 Å². The zero-order valence-electron chi connectivity index (χ0n) is 15.6. The molecular weight excluding hydrogens is 366 g/mol. The molecule has 8 nitrogen and oxygen atoms in total. The van der Waals surface area contributed by atoms with Crippen molar-refractivity contribution in [3.05, 3.63) is 17.3 Å². The number of hydrogen-bond donors (Lipinski definition) is 3. The third-order valence-corrected chi connectivity index (χ3v) is 5.03. The second-order valence-corrected chi connectivity index (χ2v) is 7.03. The van der Waals surface area contributed by atoms with E-state index in [1.54, 1.807) is 6.92 Å². The number of aryl methyl sites for hydroxylation is 1. The van der Waals surface area contributed by atoms with E-state index in [1.807, 2.05) is 17.7 Å². The average molecular weight is 391 g/mol. The van der Waals surface area contributed by atoms with Gasteiger partial charge in [0, 0.05) is 7.05 Å². The predicted octanol–water partition coefficient (Wildman–Crippen LogP) is 2.13. The third-order valence-electron chi connectivity index (χ3n) is 4.71. The number of fused-ring (bicyclic) bond motifs is 1. The van der Waals surface area contributed by atoms with Crippen LogP contribution in [0.4, 0.5) is 0 Å². The number of hydrogen-bond acceptors (Lipinski definition) is 6. The van der Waals surface area contributed by atoms with Crippen LogP contribution in [0.1, 0.15) is 48.7 Å². The molecule has 27 heavy (non-hydrogen) atoms. The lowest BCUT2D eigenvalue weighted by molar-refractivity contribution is 0.0527. The lowest BCUT2D eigenvalue weighted by Gasteiger charge is -2.14. The standard InChI is InChI=1S/C18H25N5O3S/c1-3-25-17(24)14-12(9-21-18(19)20)23(2)11-8-13(27)16(22-15(11)14)26-10-6-4-5-7-10/h8,10,27H,3-7,9H2,1-2H3,(H4,19,20,21). The highest BCUT2D eigenvalue weighted by Gasteiger charge is 2.26. The van der Waals surface area contributed by atoms with Gasteiger partial charge in [0.15, 0.2) is 5.96 Å². The van der Waals surface area contributed by atoms with Gasteiger partial charge in [0.25, 0.3) is 0 Å². The van der Waals surface area contributed by atoms with Crippen LogP contribution >= 0.6 is 12.6 Å². The molecule has 0 unspecified atom stereocenters. The fourth-order valence-corrected chi connectivity index (χ4v) is 3.61. The number of nitrogens with two attached hydrogens (primary N) is 2. The van der Waals surface area contributed by atoms with E-state index in [9.17, 15) is 4.79 Å². The minimum absolute atomic E-state index is 0.0526. The maximum atomic E-state index is 12.6. The van der Waals surface area contributed by atoms with Crippen molar-refractivity contribution < 1.29 is 14.3 Å². The van der Waals surface area contributed by atoms with E-state index in [4.69, 9.17) is 20.9 Å². The first-order chi connectivity index (χ1) is 12.9. The van der Waals surface area contributed by atoms with Crippen LogP contribution in [0, 0.1) is 0 Å². The zero-order valence-corrected chi connectivity index (χ0v) is 16.5. The molecule has 1 aliphatic rings. The summed E-state index contributed by atoms with van der Waals surface area (Å²) in [5, 5.41) is 0. The maximum absolute atomic E-state index is 12.6. The van der Waals surface area contributed by atoms with E-state index in [0.717, 1.165) is 31.2 Å². The largest absolute Gasteiger partial charge is 0.474 e. The minimum Gasteiger partial charge on any atom is -0.474 e. The summed E-state index contributed by atoms with van der Waals surface area (Å²) in [6.45, 7) is 2.16.